The van der Waals surface area contributed by atoms with Crippen molar-refractivity contribution in [1.82, 2.24) is 0 Å². The van der Waals surface area contributed by atoms with Crippen LogP contribution in [-0.2, 0) is 4.79 Å². The van der Waals surface area contributed by atoms with E-state index in [0.717, 1.165) is 16.3 Å². The predicted molar refractivity (Wildman–Crippen MR) is 97.1 cm³/mol. The summed E-state index contributed by atoms with van der Waals surface area (Å²) < 4.78 is 5.09. The third kappa shape index (κ3) is 5.46. The zero-order valence-corrected chi connectivity index (χ0v) is 14.8. The number of halogens is 2. The number of benzene rings is 2. The van der Waals surface area contributed by atoms with Gasteiger partial charge in [0, 0.05) is 21.9 Å². The van der Waals surface area contributed by atoms with Crippen LogP contribution in [-0.4, -0.2) is 17.9 Å². The van der Waals surface area contributed by atoms with Crippen LogP contribution >= 0.6 is 35.0 Å². The molecule has 7 heteroatoms. The Balaban J connectivity index is 2.15. The van der Waals surface area contributed by atoms with E-state index in [1.807, 2.05) is 0 Å². The van der Waals surface area contributed by atoms with E-state index in [4.69, 9.17) is 27.9 Å². The fraction of sp³-hybridized carbons (Fsp3) is 0.125. The lowest BCUT2D eigenvalue weighted by atomic mass is 10.3. The minimum absolute atomic E-state index is 0.160. The zero-order chi connectivity index (χ0) is 16.8. The van der Waals surface area contributed by atoms with Gasteiger partial charge in [-0.2, -0.15) is 5.10 Å². The van der Waals surface area contributed by atoms with E-state index in [-0.39, 0.29) is 5.78 Å². The predicted octanol–water partition coefficient (Wildman–Crippen LogP) is 5.11. The molecule has 0 saturated heterocycles. The van der Waals surface area contributed by atoms with Gasteiger partial charge in [0.05, 0.1) is 12.8 Å². The minimum Gasteiger partial charge on any atom is -0.497 e. The van der Waals surface area contributed by atoms with Crippen molar-refractivity contribution in [1.29, 1.82) is 0 Å². The summed E-state index contributed by atoms with van der Waals surface area (Å²) in [6.07, 6.45) is 0. The van der Waals surface area contributed by atoms with Gasteiger partial charge in [0.2, 0.25) is 0 Å². The largest absolute Gasteiger partial charge is 0.497 e. The normalized spacial score (nSPS) is 11.2. The summed E-state index contributed by atoms with van der Waals surface area (Å²) in [6.45, 7) is 1.45. The molecule has 0 saturated carbocycles. The Labute approximate surface area is 148 Å². The summed E-state index contributed by atoms with van der Waals surface area (Å²) in [5, 5.41) is 5.47. The third-order valence-electron chi connectivity index (χ3n) is 2.73. The van der Waals surface area contributed by atoms with Crippen LogP contribution in [0.1, 0.15) is 6.92 Å². The summed E-state index contributed by atoms with van der Waals surface area (Å²) in [6, 6.07) is 12.3. The smallest absolute Gasteiger partial charge is 0.186 e. The Morgan fingerprint density at radius 2 is 1.74 bits per heavy atom. The summed E-state index contributed by atoms with van der Waals surface area (Å²) in [5.41, 5.74) is 3.60. The number of ether oxygens (including phenoxy) is 1. The maximum Gasteiger partial charge on any atom is 0.186 e. The molecule has 0 atom stereocenters. The van der Waals surface area contributed by atoms with Gasteiger partial charge < -0.3 is 4.74 Å². The van der Waals surface area contributed by atoms with Crippen LogP contribution in [0.2, 0.25) is 10.0 Å². The first-order valence-electron chi connectivity index (χ1n) is 6.60. The number of nitrogens with one attached hydrogen (secondary N) is 1. The summed E-state index contributed by atoms with van der Waals surface area (Å²) in [4.78, 5) is 12.5. The van der Waals surface area contributed by atoms with Crippen molar-refractivity contribution in [3.05, 3.63) is 52.5 Å². The number of methoxy groups -OCH3 is 1. The van der Waals surface area contributed by atoms with Gasteiger partial charge in [0.15, 0.2) is 10.8 Å². The van der Waals surface area contributed by atoms with Crippen LogP contribution < -0.4 is 10.2 Å². The van der Waals surface area contributed by atoms with Crippen molar-refractivity contribution in [3.8, 4) is 5.75 Å². The number of nitrogens with zero attached hydrogens (tertiary/aromatic N) is 1. The topological polar surface area (TPSA) is 50.7 Å². The van der Waals surface area contributed by atoms with E-state index < -0.39 is 0 Å². The van der Waals surface area contributed by atoms with Crippen molar-refractivity contribution < 1.29 is 9.53 Å². The number of thioether (sulfide) groups is 1. The van der Waals surface area contributed by atoms with E-state index in [0.29, 0.717) is 15.1 Å². The van der Waals surface area contributed by atoms with Gasteiger partial charge in [-0.15, -0.1) is 0 Å². The van der Waals surface area contributed by atoms with Crippen LogP contribution in [0.25, 0.3) is 0 Å². The number of carbonyl (C=O) groups excluding carboxylic acids is 1. The van der Waals surface area contributed by atoms with Crippen LogP contribution in [0.4, 0.5) is 5.69 Å². The van der Waals surface area contributed by atoms with Crippen LogP contribution in [0.15, 0.2) is 52.5 Å². The molecule has 2 aromatic rings. The van der Waals surface area contributed by atoms with Crippen molar-refractivity contribution in [2.75, 3.05) is 12.5 Å². The molecule has 0 aromatic heterocycles. The molecule has 0 radical (unpaired) electrons. The molecule has 0 aliphatic carbocycles. The van der Waals surface area contributed by atoms with Crippen LogP contribution in [0.5, 0.6) is 5.75 Å². The molecule has 0 aliphatic rings. The van der Waals surface area contributed by atoms with Gasteiger partial charge in [-0.3, -0.25) is 10.2 Å². The molecular formula is C16H14Cl2N2O2S. The number of hydrogen-bond acceptors (Lipinski definition) is 5. The first-order chi connectivity index (χ1) is 11.0. The van der Waals surface area contributed by atoms with Crippen LogP contribution in [0, 0.1) is 0 Å². The van der Waals surface area contributed by atoms with E-state index >= 15 is 0 Å². The lowest BCUT2D eigenvalue weighted by molar-refractivity contribution is -0.110. The third-order valence-corrected chi connectivity index (χ3v) is 4.21. The van der Waals surface area contributed by atoms with E-state index in [1.165, 1.54) is 18.7 Å². The van der Waals surface area contributed by atoms with Gasteiger partial charge in [-0.05, 0) is 42.5 Å². The molecule has 0 amide bonds. The molecule has 1 N–H and O–H groups in total. The minimum atomic E-state index is -0.160. The Bertz CT molecular complexity index is 713. The van der Waals surface area contributed by atoms with Gasteiger partial charge in [-0.25, -0.2) is 0 Å². The first kappa shape index (κ1) is 17.7. The maximum atomic E-state index is 11.8. The molecule has 2 rings (SSSR count). The average molecular weight is 369 g/mol. The molecule has 23 heavy (non-hydrogen) atoms. The maximum absolute atomic E-state index is 11.8. The lowest BCUT2D eigenvalue weighted by Crippen LogP contribution is -2.08. The van der Waals surface area contributed by atoms with Gasteiger partial charge in [0.1, 0.15) is 5.75 Å². The molecule has 0 unspecified atom stereocenters. The Kier molecular flexibility index (Phi) is 6.33. The highest BCUT2D eigenvalue weighted by Gasteiger charge is 2.10. The second kappa shape index (κ2) is 8.24. The fourth-order valence-corrected chi connectivity index (χ4v) is 3.14. The molecule has 0 fully saturated rings. The highest BCUT2D eigenvalue weighted by molar-refractivity contribution is 8.15. The van der Waals surface area contributed by atoms with Crippen molar-refractivity contribution in [3.63, 3.8) is 0 Å². The highest BCUT2D eigenvalue weighted by Crippen LogP contribution is 2.28. The molecule has 2 aromatic carbocycles. The fourth-order valence-electron chi connectivity index (χ4n) is 1.65. The average Bonchev–Trinajstić information content (AvgIpc) is 2.50. The Morgan fingerprint density at radius 1 is 1.13 bits per heavy atom. The number of rotatable bonds is 5. The van der Waals surface area contributed by atoms with E-state index in [2.05, 4.69) is 10.5 Å². The summed E-state index contributed by atoms with van der Waals surface area (Å²) >= 11 is 13.1. The first-order valence-corrected chi connectivity index (χ1v) is 8.18. The molecule has 0 spiro atoms. The molecule has 4 nitrogen and oxygen atoms in total. The second-order valence-corrected chi connectivity index (χ2v) is 6.46. The number of ketones is 1. The summed E-state index contributed by atoms with van der Waals surface area (Å²) in [7, 11) is 1.60. The SMILES string of the molecule is COc1ccc(NN=C(Sc2cc(Cl)cc(Cl)c2)C(C)=O)cc1. The number of anilines is 1. The number of carbonyl (C=O) groups is 1. The van der Waals surface area contributed by atoms with Gasteiger partial charge in [-0.1, -0.05) is 35.0 Å². The Morgan fingerprint density at radius 3 is 2.26 bits per heavy atom. The quantitative estimate of drug-likeness (QED) is 0.344. The molecule has 0 heterocycles. The highest BCUT2D eigenvalue weighted by atomic mass is 35.5. The number of Topliss-reactive ketones (excluding diaryl/α,β-unsaturated/α-hetero) is 1. The monoisotopic (exact) mass is 368 g/mol. The standard InChI is InChI=1S/C16H14Cl2N2O2S/c1-10(21)16(23-15-8-11(17)7-12(18)9-15)20-19-13-3-5-14(22-2)6-4-13/h3-9,19H,1-2H3. The van der Waals surface area contributed by atoms with Crippen molar-refractivity contribution >= 4 is 51.5 Å². The Hall–Kier alpha value is -1.69. The molecule has 120 valence electrons. The van der Waals surface area contributed by atoms with Crippen molar-refractivity contribution in [2.45, 2.75) is 11.8 Å². The molecule has 0 bridgehead atoms. The second-order valence-electron chi connectivity index (χ2n) is 4.52. The molecular weight excluding hydrogens is 355 g/mol. The van der Waals surface area contributed by atoms with E-state index in [1.54, 1.807) is 49.6 Å². The van der Waals surface area contributed by atoms with Crippen molar-refractivity contribution in [2.24, 2.45) is 5.10 Å². The molecule has 0 aliphatic heterocycles. The summed E-state index contributed by atoms with van der Waals surface area (Å²) in [5.74, 6) is 0.585. The zero-order valence-electron chi connectivity index (χ0n) is 12.5. The van der Waals surface area contributed by atoms with Crippen LogP contribution in [0.3, 0.4) is 0 Å². The van der Waals surface area contributed by atoms with Gasteiger partial charge >= 0.3 is 0 Å². The number of hydrogen-bond donors (Lipinski definition) is 1. The van der Waals surface area contributed by atoms with E-state index in [9.17, 15) is 4.79 Å². The lowest BCUT2D eigenvalue weighted by Gasteiger charge is -2.06. The van der Waals surface area contributed by atoms with Gasteiger partial charge in [0.25, 0.3) is 0 Å². The number of hydrazone groups is 1.